The van der Waals surface area contributed by atoms with Gasteiger partial charge in [0.15, 0.2) is 0 Å². The van der Waals surface area contributed by atoms with Crippen LogP contribution in [0.3, 0.4) is 0 Å². The van der Waals surface area contributed by atoms with E-state index in [1.165, 1.54) is 83.5 Å². The van der Waals surface area contributed by atoms with Crippen molar-refractivity contribution in [2.75, 3.05) is 6.61 Å². The third-order valence-corrected chi connectivity index (χ3v) is 5.12. The summed E-state index contributed by atoms with van der Waals surface area (Å²) < 4.78 is 0. The predicted octanol–water partition coefficient (Wildman–Crippen LogP) is 7.85. The molecule has 0 bridgehead atoms. The highest BCUT2D eigenvalue weighted by Crippen LogP contribution is 2.13. The van der Waals surface area contributed by atoms with E-state index in [4.69, 9.17) is 9.78 Å². The van der Waals surface area contributed by atoms with E-state index in [2.05, 4.69) is 6.92 Å². The summed E-state index contributed by atoms with van der Waals surface area (Å²) in [6.07, 6.45) is 20.9. The lowest BCUT2D eigenvalue weighted by Crippen LogP contribution is -2.06. The Morgan fingerprint density at radius 1 is 0.643 bits per heavy atom. The molecule has 0 aliphatic heterocycles. The predicted molar refractivity (Wildman–Crippen MR) is 117 cm³/mol. The normalized spacial score (nSPS) is 10.9. The highest BCUT2D eigenvalue weighted by Gasteiger charge is 2.06. The molecule has 0 aromatic heterocycles. The second kappa shape index (κ2) is 19.0. The second-order valence-corrected chi connectivity index (χ2v) is 7.72. The van der Waals surface area contributed by atoms with E-state index < -0.39 is 5.97 Å². The molecule has 3 heteroatoms. The van der Waals surface area contributed by atoms with Gasteiger partial charge in [0.2, 0.25) is 0 Å². The van der Waals surface area contributed by atoms with Gasteiger partial charge in [0.25, 0.3) is 0 Å². The van der Waals surface area contributed by atoms with Gasteiger partial charge >= 0.3 is 5.97 Å². The fraction of sp³-hybridized carbons (Fsp3) is 0.680. The first-order chi connectivity index (χ1) is 13.8. The van der Waals surface area contributed by atoms with Crippen LogP contribution in [0.15, 0.2) is 30.3 Å². The minimum Gasteiger partial charge on any atom is -0.293 e. The van der Waals surface area contributed by atoms with E-state index in [1.54, 1.807) is 12.1 Å². The third-order valence-electron chi connectivity index (χ3n) is 5.12. The van der Waals surface area contributed by atoms with Gasteiger partial charge in [-0.1, -0.05) is 121 Å². The number of unbranched alkanes of at least 4 members (excludes halogenated alkanes) is 15. The summed E-state index contributed by atoms with van der Waals surface area (Å²) in [6, 6.07) is 8.93. The van der Waals surface area contributed by atoms with Crippen molar-refractivity contribution in [1.29, 1.82) is 0 Å². The first-order valence-corrected chi connectivity index (χ1v) is 11.5. The fourth-order valence-corrected chi connectivity index (χ4v) is 3.35. The Kier molecular flexibility index (Phi) is 16.7. The molecule has 28 heavy (non-hydrogen) atoms. The molecule has 0 aliphatic carbocycles. The maximum atomic E-state index is 11.7. The first kappa shape index (κ1) is 24.7. The zero-order valence-electron chi connectivity index (χ0n) is 17.8. The molecule has 1 radical (unpaired) electrons. The molecule has 0 spiro atoms. The maximum absolute atomic E-state index is 11.7. The van der Waals surface area contributed by atoms with Crippen molar-refractivity contribution in [2.24, 2.45) is 0 Å². The number of benzene rings is 1. The van der Waals surface area contributed by atoms with Crippen LogP contribution < -0.4 is 0 Å². The lowest BCUT2D eigenvalue weighted by atomic mass is 10.0. The van der Waals surface area contributed by atoms with Crippen LogP contribution in [0.5, 0.6) is 0 Å². The van der Waals surface area contributed by atoms with Crippen LogP contribution in [-0.2, 0) is 9.78 Å². The Balaban J connectivity index is 1.74. The molecular weight excluding hydrogens is 348 g/mol. The van der Waals surface area contributed by atoms with E-state index in [-0.39, 0.29) is 0 Å². The number of rotatable bonds is 19. The van der Waals surface area contributed by atoms with Gasteiger partial charge in [-0.2, -0.15) is 4.89 Å². The van der Waals surface area contributed by atoms with Crippen molar-refractivity contribution < 1.29 is 14.6 Å². The average molecular weight is 390 g/mol. The molecule has 1 aromatic rings. The van der Waals surface area contributed by atoms with Crippen molar-refractivity contribution in [2.45, 2.75) is 103 Å². The highest BCUT2D eigenvalue weighted by molar-refractivity contribution is 5.88. The zero-order valence-corrected chi connectivity index (χ0v) is 17.8. The fourth-order valence-electron chi connectivity index (χ4n) is 3.35. The number of carbonyl (C=O) groups excluding carboxylic acids is 1. The van der Waals surface area contributed by atoms with Gasteiger partial charge in [-0.25, -0.2) is 4.79 Å². The molecule has 0 saturated heterocycles. The molecule has 0 heterocycles. The van der Waals surface area contributed by atoms with Crippen molar-refractivity contribution in [3.8, 4) is 0 Å². The number of carbonyl (C=O) groups is 1. The molecule has 159 valence electrons. The summed E-state index contributed by atoms with van der Waals surface area (Å²) in [5.74, 6) is -0.422. The monoisotopic (exact) mass is 389 g/mol. The van der Waals surface area contributed by atoms with Crippen LogP contribution in [0.2, 0.25) is 0 Å². The molecule has 0 amide bonds. The summed E-state index contributed by atoms with van der Waals surface area (Å²) in [4.78, 5) is 21.5. The van der Waals surface area contributed by atoms with E-state index >= 15 is 0 Å². The van der Waals surface area contributed by atoms with Crippen molar-refractivity contribution in [1.82, 2.24) is 0 Å². The number of hydrogen-bond donors (Lipinski definition) is 0. The van der Waals surface area contributed by atoms with Gasteiger partial charge in [0, 0.05) is 0 Å². The van der Waals surface area contributed by atoms with Crippen molar-refractivity contribution >= 4 is 5.97 Å². The summed E-state index contributed by atoms with van der Waals surface area (Å²) in [5, 5.41) is 0. The average Bonchev–Trinajstić information content (AvgIpc) is 2.73. The third kappa shape index (κ3) is 14.7. The van der Waals surface area contributed by atoms with Crippen LogP contribution in [0, 0.1) is 6.92 Å². The van der Waals surface area contributed by atoms with Gasteiger partial charge < -0.3 is 0 Å². The van der Waals surface area contributed by atoms with Crippen LogP contribution in [-0.4, -0.2) is 12.6 Å². The van der Waals surface area contributed by atoms with E-state index in [0.717, 1.165) is 19.3 Å². The first-order valence-electron chi connectivity index (χ1n) is 11.5. The Hall–Kier alpha value is -1.35. The molecule has 0 saturated carbocycles. The highest BCUT2D eigenvalue weighted by atomic mass is 17.2. The smallest absolute Gasteiger partial charge is 0.293 e. The topological polar surface area (TPSA) is 35.5 Å². The largest absolute Gasteiger partial charge is 0.373 e. The maximum Gasteiger partial charge on any atom is 0.373 e. The Morgan fingerprint density at radius 2 is 1.07 bits per heavy atom. The molecule has 0 atom stereocenters. The molecule has 0 fully saturated rings. The van der Waals surface area contributed by atoms with E-state index in [0.29, 0.717) is 12.2 Å². The zero-order chi connectivity index (χ0) is 20.1. The molecule has 0 N–H and O–H groups in total. The van der Waals surface area contributed by atoms with Crippen molar-refractivity contribution in [3.63, 3.8) is 0 Å². The quantitative estimate of drug-likeness (QED) is 0.137. The molecule has 0 aliphatic rings. The van der Waals surface area contributed by atoms with Crippen LogP contribution in [0.1, 0.15) is 113 Å². The molecule has 1 aromatic carbocycles. The summed E-state index contributed by atoms with van der Waals surface area (Å²) in [6.45, 7) is 4.37. The lowest BCUT2D eigenvalue weighted by molar-refractivity contribution is -0.241. The standard InChI is InChI=1S/C25H41O3/c1-2-3-4-5-6-7-8-9-10-11-12-13-14-15-16-20-23-27-28-25(26)24-21-18-17-19-22-24/h17-19,21-22H,1-16,20,23H2. The van der Waals surface area contributed by atoms with Gasteiger partial charge in [0.1, 0.15) is 0 Å². The van der Waals surface area contributed by atoms with Gasteiger partial charge in [-0.3, -0.25) is 4.89 Å². The molecule has 1 rings (SSSR count). The minimum absolute atomic E-state index is 0.422. The molecular formula is C25H41O3. The summed E-state index contributed by atoms with van der Waals surface area (Å²) >= 11 is 0. The molecule has 3 nitrogen and oxygen atoms in total. The van der Waals surface area contributed by atoms with E-state index in [1.807, 2.05) is 18.2 Å². The molecule has 0 unspecified atom stereocenters. The van der Waals surface area contributed by atoms with Gasteiger partial charge in [0.05, 0.1) is 12.2 Å². The summed E-state index contributed by atoms with van der Waals surface area (Å²) in [7, 11) is 0. The Labute approximate surface area is 173 Å². The van der Waals surface area contributed by atoms with Crippen LogP contribution >= 0.6 is 0 Å². The van der Waals surface area contributed by atoms with E-state index in [9.17, 15) is 4.79 Å². The van der Waals surface area contributed by atoms with Crippen molar-refractivity contribution in [3.05, 3.63) is 42.8 Å². The SMILES string of the molecule is [CH2]CCCCCCCCCCCCCCCCCOOC(=O)c1ccccc1. The lowest BCUT2D eigenvalue weighted by Gasteiger charge is -2.04. The second-order valence-electron chi connectivity index (χ2n) is 7.72. The van der Waals surface area contributed by atoms with Gasteiger partial charge in [-0.05, 0) is 18.6 Å². The van der Waals surface area contributed by atoms with Gasteiger partial charge in [-0.15, -0.1) is 0 Å². The summed E-state index contributed by atoms with van der Waals surface area (Å²) in [5.41, 5.74) is 0.521. The Bertz CT molecular complexity index is 458. The minimum atomic E-state index is -0.422. The van der Waals surface area contributed by atoms with Crippen LogP contribution in [0.25, 0.3) is 0 Å². The Morgan fingerprint density at radius 3 is 1.54 bits per heavy atom. The van der Waals surface area contributed by atoms with Crippen LogP contribution in [0.4, 0.5) is 0 Å². The number of hydrogen-bond acceptors (Lipinski definition) is 3.